The highest BCUT2D eigenvalue weighted by Crippen LogP contribution is 2.36. The van der Waals surface area contributed by atoms with Gasteiger partial charge in [0.05, 0.1) is 26.4 Å². The first kappa shape index (κ1) is 68.5. The van der Waals surface area contributed by atoms with Crippen LogP contribution in [-0.2, 0) is 79.5 Å². The first-order valence-electron chi connectivity index (χ1n) is 27.4. The highest BCUT2D eigenvalue weighted by atomic mass is 16.8. The van der Waals surface area contributed by atoms with E-state index in [9.17, 15) is 102 Å². The van der Waals surface area contributed by atoms with Crippen molar-refractivity contribution in [1.82, 2.24) is 10.6 Å². The van der Waals surface area contributed by atoms with E-state index in [1.54, 1.807) is 38.1 Å². The zero-order valence-electron chi connectivity index (χ0n) is 45.5. The Morgan fingerprint density at radius 1 is 0.369 bits per heavy atom. The summed E-state index contributed by atoms with van der Waals surface area (Å²) in [7, 11) is 0. The van der Waals surface area contributed by atoms with E-state index in [0.717, 1.165) is 0 Å². The van der Waals surface area contributed by atoms with Crippen molar-refractivity contribution in [3.63, 3.8) is 0 Å². The van der Waals surface area contributed by atoms with E-state index >= 15 is 0 Å². The standard InChI is InChI=1S/C50H80N2O32/c1-3-9-73-45-35(69)39(81-49-31(65)27(61)37(21(15-55)77-49)79-47-29(63)25(59)23(57)19(13-53)75-47)33(67)41(83-45)43(71)51-11-17-5-7-18(8-6-17)12-52-44(72)42-34(68)40(36(70)46(84-42)74-10-4-2)82-50-32(66)28(62)38(22(16-56)78-50)80-48-30(64)26(60)24(58)20(14-54)76-48/h5-8,19-42,45-50,53-70H,3-4,9-16H2,1-2H3,(H,51,71)(H,52,72)/t19-,20-,21-,22-,23+,24+,25+,26+,27-,28-,29-,30-,31-,32-,33+,34+,35-,36-,37-,38-,39+,40+,41+,42+,45+,46+,47+,48+,49+,50+/m1/s1. The topological polar surface area (TPSA) is 533 Å². The summed E-state index contributed by atoms with van der Waals surface area (Å²) >= 11 is 0. The number of hydrogen-bond acceptors (Lipinski definition) is 32. The number of aliphatic hydroxyl groups excluding tert-OH is 18. The van der Waals surface area contributed by atoms with Crippen molar-refractivity contribution in [3.8, 4) is 0 Å². The van der Waals surface area contributed by atoms with Crippen LogP contribution < -0.4 is 10.6 Å². The summed E-state index contributed by atoms with van der Waals surface area (Å²) in [5.41, 5.74) is 0.948. The molecule has 482 valence electrons. The molecule has 0 saturated carbocycles. The fraction of sp³-hybridized carbons (Fsp3) is 0.840. The lowest BCUT2D eigenvalue weighted by Gasteiger charge is -2.48. The second-order valence-electron chi connectivity index (χ2n) is 21.0. The lowest BCUT2D eigenvalue weighted by molar-refractivity contribution is -0.377. The number of carbonyl (C=O) groups is 2. The Labute approximate surface area is 479 Å². The number of aliphatic hydroxyl groups is 18. The number of nitrogens with one attached hydrogen (secondary N) is 2. The van der Waals surface area contributed by atoms with Crippen LogP contribution in [0.5, 0.6) is 0 Å². The van der Waals surface area contributed by atoms with Gasteiger partial charge in [-0.25, -0.2) is 0 Å². The van der Waals surface area contributed by atoms with Crippen molar-refractivity contribution in [2.45, 2.75) is 224 Å². The van der Waals surface area contributed by atoms with Gasteiger partial charge in [-0.15, -0.1) is 0 Å². The Morgan fingerprint density at radius 3 is 0.976 bits per heavy atom. The molecule has 6 heterocycles. The molecule has 0 spiro atoms. The molecule has 34 nitrogen and oxygen atoms in total. The largest absolute Gasteiger partial charge is 0.394 e. The number of carbonyl (C=O) groups excluding carboxylic acids is 2. The van der Waals surface area contributed by atoms with Crippen LogP contribution in [0.4, 0.5) is 0 Å². The Hall–Kier alpha value is -3.04. The van der Waals surface area contributed by atoms with E-state index in [4.69, 9.17) is 56.8 Å². The molecule has 7 rings (SSSR count). The van der Waals surface area contributed by atoms with Crippen molar-refractivity contribution in [2.75, 3.05) is 39.6 Å². The quantitative estimate of drug-likeness (QED) is 0.0457. The van der Waals surface area contributed by atoms with E-state index in [2.05, 4.69) is 10.6 Å². The third-order valence-electron chi connectivity index (χ3n) is 15.0. The average molecular weight is 1220 g/mol. The maximum absolute atomic E-state index is 13.7. The average Bonchev–Trinajstić information content (AvgIpc) is 3.69. The third kappa shape index (κ3) is 15.3. The van der Waals surface area contributed by atoms with Crippen LogP contribution in [0.3, 0.4) is 0 Å². The van der Waals surface area contributed by atoms with Gasteiger partial charge in [0, 0.05) is 26.3 Å². The molecule has 34 heteroatoms. The summed E-state index contributed by atoms with van der Waals surface area (Å²) in [4.78, 5) is 27.4. The van der Waals surface area contributed by atoms with Crippen molar-refractivity contribution in [1.29, 1.82) is 0 Å². The maximum atomic E-state index is 13.7. The van der Waals surface area contributed by atoms with Crippen molar-refractivity contribution in [3.05, 3.63) is 35.4 Å². The Morgan fingerprint density at radius 2 is 0.667 bits per heavy atom. The van der Waals surface area contributed by atoms with Crippen molar-refractivity contribution < 1.29 is 158 Å². The number of rotatable bonds is 24. The second-order valence-corrected chi connectivity index (χ2v) is 21.0. The summed E-state index contributed by atoms with van der Waals surface area (Å²) in [6.45, 7) is -0.402. The summed E-state index contributed by atoms with van der Waals surface area (Å²) in [6, 6.07) is 6.25. The van der Waals surface area contributed by atoms with Crippen LogP contribution in [-0.4, -0.2) is 328 Å². The molecule has 6 fully saturated rings. The molecule has 0 aliphatic carbocycles. The molecular formula is C50H80N2O32. The van der Waals surface area contributed by atoms with Gasteiger partial charge in [-0.1, -0.05) is 38.1 Å². The van der Waals surface area contributed by atoms with Gasteiger partial charge in [0.25, 0.3) is 11.8 Å². The van der Waals surface area contributed by atoms with E-state index in [-0.39, 0.29) is 26.3 Å². The SMILES string of the molecule is CCCO[C@H]1O[C@H](C(=O)NCc2ccc(CNC(=O)[C@H]3O[C@H](OCCC)[C@H](O)[C@@H](O[C@@H]4O[C@H](CO)[C@@H](O[C@@H]5O[C@H](CO)[C@H](O)[C@H](O)[C@H]5O)[C@H](O)[C@H]4O)[C@@H]3O)cc2)[C@@H](O)[C@H](O[C@@H]2O[C@H](CO)[C@@H](O[C@@H]3O[C@H](CO)[C@H](O)[C@H](O)[C@H]3O)[C@H](O)[C@H]2O)[C@H]1O. The molecule has 6 saturated heterocycles. The van der Waals surface area contributed by atoms with E-state index < -0.39 is 222 Å². The molecule has 0 radical (unpaired) electrons. The molecular weight excluding hydrogens is 1140 g/mol. The maximum Gasteiger partial charge on any atom is 0.252 e. The molecule has 6 aliphatic heterocycles. The van der Waals surface area contributed by atoms with Gasteiger partial charge in [0.1, 0.15) is 134 Å². The Kier molecular flexibility index (Phi) is 25.2. The lowest BCUT2D eigenvalue weighted by Crippen LogP contribution is -2.67. The highest BCUT2D eigenvalue weighted by molar-refractivity contribution is 5.82. The monoisotopic (exact) mass is 1220 g/mol. The fourth-order valence-electron chi connectivity index (χ4n) is 10.2. The number of ether oxygens (including phenoxy) is 12. The van der Waals surface area contributed by atoms with Crippen LogP contribution in [0, 0.1) is 0 Å². The molecule has 1 aromatic rings. The third-order valence-corrected chi connectivity index (χ3v) is 15.0. The van der Waals surface area contributed by atoms with E-state index in [1.807, 2.05) is 0 Å². The second kappa shape index (κ2) is 30.9. The number of hydrogen-bond donors (Lipinski definition) is 20. The van der Waals surface area contributed by atoms with Gasteiger partial charge >= 0.3 is 0 Å². The minimum Gasteiger partial charge on any atom is -0.394 e. The van der Waals surface area contributed by atoms with Gasteiger partial charge in [-0.3, -0.25) is 9.59 Å². The van der Waals surface area contributed by atoms with Crippen LogP contribution in [0.1, 0.15) is 37.8 Å². The molecule has 0 unspecified atom stereocenters. The summed E-state index contributed by atoms with van der Waals surface area (Å²) in [5, 5.41) is 197. The van der Waals surface area contributed by atoms with Gasteiger partial charge in [0.2, 0.25) is 0 Å². The lowest BCUT2D eigenvalue weighted by atomic mass is 9.95. The summed E-state index contributed by atoms with van der Waals surface area (Å²) in [5.74, 6) is -1.87. The van der Waals surface area contributed by atoms with Gasteiger partial charge in [-0.05, 0) is 24.0 Å². The van der Waals surface area contributed by atoms with Gasteiger partial charge in [-0.2, -0.15) is 0 Å². The van der Waals surface area contributed by atoms with Crippen molar-refractivity contribution >= 4 is 11.8 Å². The van der Waals surface area contributed by atoms with Gasteiger partial charge in [0.15, 0.2) is 49.9 Å². The van der Waals surface area contributed by atoms with Crippen LogP contribution in [0.15, 0.2) is 24.3 Å². The summed E-state index contributed by atoms with van der Waals surface area (Å²) < 4.78 is 67.4. The molecule has 0 bridgehead atoms. The van der Waals surface area contributed by atoms with E-state index in [0.29, 0.717) is 24.0 Å². The summed E-state index contributed by atoms with van der Waals surface area (Å²) in [6.07, 6.45) is -53.6. The Bertz CT molecular complexity index is 2030. The molecule has 30 atom stereocenters. The molecule has 20 N–H and O–H groups in total. The van der Waals surface area contributed by atoms with Crippen LogP contribution in [0.2, 0.25) is 0 Å². The number of benzene rings is 1. The molecule has 0 aromatic heterocycles. The first-order chi connectivity index (χ1) is 40.0. The van der Waals surface area contributed by atoms with Crippen LogP contribution >= 0.6 is 0 Å². The smallest absolute Gasteiger partial charge is 0.252 e. The number of amides is 2. The minimum atomic E-state index is -2.08. The highest BCUT2D eigenvalue weighted by Gasteiger charge is 2.57. The molecule has 1 aromatic carbocycles. The van der Waals surface area contributed by atoms with E-state index in [1.165, 1.54) is 0 Å². The van der Waals surface area contributed by atoms with Crippen molar-refractivity contribution in [2.24, 2.45) is 0 Å². The predicted octanol–water partition coefficient (Wildman–Crippen LogP) is -11.3. The molecule has 6 aliphatic rings. The molecule has 2 amide bonds. The zero-order valence-corrected chi connectivity index (χ0v) is 45.5. The zero-order chi connectivity index (χ0) is 61.4. The van der Waals surface area contributed by atoms with Gasteiger partial charge < -0.3 is 159 Å². The molecule has 84 heavy (non-hydrogen) atoms. The van der Waals surface area contributed by atoms with Crippen LogP contribution in [0.25, 0.3) is 0 Å². The first-order valence-corrected chi connectivity index (χ1v) is 27.4. The normalized spacial score (nSPS) is 44.8. The fourth-order valence-corrected chi connectivity index (χ4v) is 10.2. The predicted molar refractivity (Wildman–Crippen MR) is 267 cm³/mol. The minimum absolute atomic E-state index is 0.00391. The Balaban J connectivity index is 0.942.